The predicted octanol–water partition coefficient (Wildman–Crippen LogP) is 3.50. The molecule has 61 heavy (non-hydrogen) atoms. The summed E-state index contributed by atoms with van der Waals surface area (Å²) < 4.78 is 35.6. The van der Waals surface area contributed by atoms with E-state index in [-0.39, 0.29) is 37.1 Å². The van der Waals surface area contributed by atoms with Gasteiger partial charge in [-0.15, -0.1) is 11.6 Å². The number of carbonyl (C=O) groups excluding carboxylic acids is 4. The number of hydrogen-bond donors (Lipinski definition) is 4. The molecule has 332 valence electrons. The second-order valence-electron chi connectivity index (χ2n) is 14.8. The number of piperidine rings is 1. The fourth-order valence-electron chi connectivity index (χ4n) is 7.20. The Morgan fingerprint density at radius 2 is 1.52 bits per heavy atom. The van der Waals surface area contributed by atoms with Crippen LogP contribution in [0.5, 0.6) is 0 Å². The van der Waals surface area contributed by atoms with E-state index >= 15 is 4.39 Å². The molecule has 0 bridgehead atoms. The summed E-state index contributed by atoms with van der Waals surface area (Å²) in [5, 5.41) is 26.8. The second-order valence-corrected chi connectivity index (χ2v) is 15.2. The normalized spacial score (nSPS) is 13.2. The summed E-state index contributed by atoms with van der Waals surface area (Å²) in [6.45, 7) is 2.77. The van der Waals surface area contributed by atoms with Gasteiger partial charge in [0.05, 0.1) is 62.5 Å². The molecule has 1 fully saturated rings. The first-order chi connectivity index (χ1) is 29.5. The van der Waals surface area contributed by atoms with E-state index < -0.39 is 36.7 Å². The number of carboxylic acid groups (broad SMARTS) is 1. The monoisotopic (exact) mass is 870 g/mol. The fourth-order valence-corrected chi connectivity index (χ4v) is 7.39. The van der Waals surface area contributed by atoms with Crippen molar-refractivity contribution < 1.29 is 47.7 Å². The molecule has 0 atom stereocenters. The van der Waals surface area contributed by atoms with E-state index in [1.807, 2.05) is 6.07 Å². The first kappa shape index (κ1) is 46.9. The maximum atomic E-state index is 15.8. The van der Waals surface area contributed by atoms with Gasteiger partial charge in [0.25, 0.3) is 0 Å². The smallest absolute Gasteiger partial charge is 0.322 e. The molecule has 5 rings (SSSR count). The molecule has 2 aromatic heterocycles. The molecule has 0 unspecified atom stereocenters. The molecule has 4 amide bonds. The summed E-state index contributed by atoms with van der Waals surface area (Å²) in [5.41, 5.74) is 2.88. The van der Waals surface area contributed by atoms with E-state index in [4.69, 9.17) is 36.0 Å². The Kier molecular flexibility index (Phi) is 18.7. The van der Waals surface area contributed by atoms with Crippen molar-refractivity contribution in [3.8, 4) is 11.1 Å². The molecule has 4 N–H and O–H groups in total. The summed E-state index contributed by atoms with van der Waals surface area (Å²) in [6, 6.07) is 8.54. The molecule has 3 heterocycles. The SMILES string of the molecule is Cn1ncc2cc(F)c(-c3cccc4c3c(C3CCN(C(=O)CCC(=O)NCCOCCOCCOCCCCCCCl)CC3)nn4CC(=O)NCC(=O)NCC(=O)O)cc21. The number of nitrogens with one attached hydrogen (secondary N) is 3. The summed E-state index contributed by atoms with van der Waals surface area (Å²) in [7, 11) is 1.78. The number of halogens is 2. The number of unbranched alkanes of at least 4 members (excludes halogenated alkanes) is 3. The number of ether oxygens (including phenoxy) is 3. The number of rotatable bonds is 26. The summed E-state index contributed by atoms with van der Waals surface area (Å²) in [6.07, 6.45) is 7.06. The van der Waals surface area contributed by atoms with Crippen molar-refractivity contribution in [1.29, 1.82) is 0 Å². The molecule has 0 radical (unpaired) electrons. The van der Waals surface area contributed by atoms with Gasteiger partial charge in [-0.3, -0.25) is 33.3 Å². The summed E-state index contributed by atoms with van der Waals surface area (Å²) in [5.74, 6) is -2.68. The molecule has 2 aromatic carbocycles. The number of aryl methyl sites for hydroxylation is 1. The number of aliphatic carboxylic acids is 1. The number of alkyl halides is 1. The number of benzene rings is 2. The van der Waals surface area contributed by atoms with Crippen LogP contribution in [0.15, 0.2) is 36.5 Å². The zero-order valence-corrected chi connectivity index (χ0v) is 35.4. The molecular weight excluding hydrogens is 815 g/mol. The van der Waals surface area contributed by atoms with Crippen molar-refractivity contribution in [2.45, 2.75) is 63.8 Å². The molecule has 0 saturated carbocycles. The Balaban J connectivity index is 1.12. The van der Waals surface area contributed by atoms with Crippen LogP contribution in [0.3, 0.4) is 0 Å². The van der Waals surface area contributed by atoms with Gasteiger partial charge in [-0.25, -0.2) is 4.39 Å². The van der Waals surface area contributed by atoms with Crippen molar-refractivity contribution in [3.63, 3.8) is 0 Å². The molecule has 1 saturated heterocycles. The highest BCUT2D eigenvalue weighted by Crippen LogP contribution is 2.40. The average molecular weight is 871 g/mol. The minimum Gasteiger partial charge on any atom is -0.480 e. The number of carbonyl (C=O) groups is 5. The van der Waals surface area contributed by atoms with E-state index in [0.717, 1.165) is 31.2 Å². The van der Waals surface area contributed by atoms with Gasteiger partial charge in [0.2, 0.25) is 23.6 Å². The average Bonchev–Trinajstić information content (AvgIpc) is 3.81. The Bertz CT molecular complexity index is 2100. The van der Waals surface area contributed by atoms with Crippen molar-refractivity contribution in [1.82, 2.24) is 40.4 Å². The van der Waals surface area contributed by atoms with Gasteiger partial charge in [-0.2, -0.15) is 10.2 Å². The van der Waals surface area contributed by atoms with Gasteiger partial charge in [-0.1, -0.05) is 25.0 Å². The van der Waals surface area contributed by atoms with Crippen LogP contribution in [0.25, 0.3) is 32.9 Å². The molecule has 1 aliphatic rings. The van der Waals surface area contributed by atoms with Gasteiger partial charge < -0.3 is 40.2 Å². The number of carboxylic acids is 1. The van der Waals surface area contributed by atoms with Crippen molar-refractivity contribution in [2.24, 2.45) is 7.05 Å². The van der Waals surface area contributed by atoms with Crippen LogP contribution in [0.4, 0.5) is 4.39 Å². The van der Waals surface area contributed by atoms with Crippen LogP contribution >= 0.6 is 11.6 Å². The second kappa shape index (κ2) is 24.3. The number of amides is 4. The van der Waals surface area contributed by atoms with Gasteiger partial charge in [0.1, 0.15) is 18.9 Å². The van der Waals surface area contributed by atoms with E-state index in [1.54, 1.807) is 41.0 Å². The maximum Gasteiger partial charge on any atom is 0.322 e. The van der Waals surface area contributed by atoms with Gasteiger partial charge in [0, 0.05) is 74.3 Å². The Labute approximate surface area is 358 Å². The fraction of sp³-hybridized carbons (Fsp3) is 0.548. The van der Waals surface area contributed by atoms with Crippen molar-refractivity contribution in [2.75, 3.05) is 78.2 Å². The zero-order chi connectivity index (χ0) is 43.6. The topological polar surface area (TPSA) is 208 Å². The Hall–Kier alpha value is -5.17. The number of fused-ring (bicyclic) bond motifs is 2. The lowest BCUT2D eigenvalue weighted by molar-refractivity contribution is -0.137. The number of likely N-dealkylation sites (tertiary alicyclic amines) is 1. The molecule has 19 heteroatoms. The van der Waals surface area contributed by atoms with Gasteiger partial charge in [-0.05, 0) is 49.4 Å². The molecule has 17 nitrogen and oxygen atoms in total. The number of aromatic nitrogens is 4. The van der Waals surface area contributed by atoms with Crippen LogP contribution in [0.2, 0.25) is 0 Å². The van der Waals surface area contributed by atoms with Crippen LogP contribution in [0, 0.1) is 5.82 Å². The summed E-state index contributed by atoms with van der Waals surface area (Å²) >= 11 is 5.68. The van der Waals surface area contributed by atoms with E-state index in [1.165, 1.54) is 10.7 Å². The third-order valence-electron chi connectivity index (χ3n) is 10.4. The highest BCUT2D eigenvalue weighted by molar-refractivity contribution is 6.17. The third kappa shape index (κ3) is 14.2. The predicted molar refractivity (Wildman–Crippen MR) is 225 cm³/mol. The first-order valence-electron chi connectivity index (χ1n) is 20.8. The quantitative estimate of drug-likeness (QED) is 0.0531. The lowest BCUT2D eigenvalue weighted by Gasteiger charge is -2.31. The maximum absolute atomic E-state index is 15.8. The molecule has 0 aliphatic carbocycles. The zero-order valence-electron chi connectivity index (χ0n) is 34.6. The van der Waals surface area contributed by atoms with Gasteiger partial charge in [0.15, 0.2) is 0 Å². The van der Waals surface area contributed by atoms with E-state index in [2.05, 4.69) is 21.0 Å². The number of nitrogens with zero attached hydrogens (tertiary/aromatic N) is 5. The van der Waals surface area contributed by atoms with Gasteiger partial charge >= 0.3 is 5.97 Å². The highest BCUT2D eigenvalue weighted by Gasteiger charge is 2.29. The lowest BCUT2D eigenvalue weighted by Crippen LogP contribution is -2.40. The molecule has 4 aromatic rings. The molecular formula is C42H56ClFN8O9. The van der Waals surface area contributed by atoms with Crippen LogP contribution in [-0.4, -0.2) is 137 Å². The largest absolute Gasteiger partial charge is 0.480 e. The minimum absolute atomic E-state index is 0.0445. The standard InChI is InChI=1S/C42H56ClFN8O9/c1-50-35-24-32(33(44)23-30(35)25-48-50)31-7-6-8-34-41(31)42(49-52(34)28-38(55)46-26-37(54)47-27-40(57)58)29-11-15-51(16-12-29)39(56)10-9-36(53)45-14-18-60-20-22-61-21-19-59-17-5-3-2-4-13-43/h6-8,23-25,29H,2-5,9-22,26-28H2,1H3,(H,45,53)(H,46,55)(H,47,54)(H,57,58). The van der Waals surface area contributed by atoms with Crippen molar-refractivity contribution in [3.05, 3.63) is 48.0 Å². The highest BCUT2D eigenvalue weighted by atomic mass is 35.5. The van der Waals surface area contributed by atoms with Crippen LogP contribution in [0.1, 0.15) is 63.0 Å². The first-order valence-corrected chi connectivity index (χ1v) is 21.3. The van der Waals surface area contributed by atoms with E-state index in [9.17, 15) is 24.0 Å². The third-order valence-corrected chi connectivity index (χ3v) is 10.7. The molecule has 0 spiro atoms. The number of hydrogen-bond acceptors (Lipinski definition) is 10. The Morgan fingerprint density at radius 1 is 0.820 bits per heavy atom. The van der Waals surface area contributed by atoms with Crippen LogP contribution < -0.4 is 16.0 Å². The molecule has 1 aliphatic heterocycles. The van der Waals surface area contributed by atoms with Crippen LogP contribution in [-0.2, 0) is 51.8 Å². The summed E-state index contributed by atoms with van der Waals surface area (Å²) in [4.78, 5) is 63.3. The van der Waals surface area contributed by atoms with Crippen molar-refractivity contribution >= 4 is 63.0 Å². The Morgan fingerprint density at radius 3 is 2.26 bits per heavy atom. The minimum atomic E-state index is -1.21. The van der Waals surface area contributed by atoms with E-state index in [0.29, 0.717) is 111 Å². The lowest BCUT2D eigenvalue weighted by atomic mass is 9.88.